The molecule has 0 radical (unpaired) electrons. The number of allylic oxidation sites excluding steroid dienone is 1. The van der Waals surface area contributed by atoms with E-state index < -0.39 is 0 Å². The number of aldehydes is 2. The summed E-state index contributed by atoms with van der Waals surface area (Å²) in [6.45, 7) is 1.93. The van der Waals surface area contributed by atoms with Gasteiger partial charge in [-0.05, 0) is 30.2 Å². The van der Waals surface area contributed by atoms with Gasteiger partial charge >= 0.3 is 0 Å². The fourth-order valence-electron chi connectivity index (χ4n) is 1.27. The van der Waals surface area contributed by atoms with E-state index in [9.17, 15) is 9.59 Å². The molecule has 0 aliphatic heterocycles. The van der Waals surface area contributed by atoms with Crippen molar-refractivity contribution in [1.29, 1.82) is 0 Å². The first-order chi connectivity index (χ1) is 6.76. The second-order valence-electron chi connectivity index (χ2n) is 3.10. The van der Waals surface area contributed by atoms with Crippen LogP contribution in [0.25, 0.3) is 6.08 Å². The van der Waals surface area contributed by atoms with Crippen LogP contribution in [-0.4, -0.2) is 12.6 Å². The highest BCUT2D eigenvalue weighted by molar-refractivity contribution is 5.77. The Morgan fingerprint density at radius 3 is 2.50 bits per heavy atom. The van der Waals surface area contributed by atoms with Crippen LogP contribution in [0.5, 0.6) is 0 Å². The van der Waals surface area contributed by atoms with Crippen molar-refractivity contribution >= 4 is 18.6 Å². The minimum atomic E-state index is 0.407. The summed E-state index contributed by atoms with van der Waals surface area (Å²) >= 11 is 0. The smallest absolute Gasteiger partial charge is 0.150 e. The highest BCUT2D eigenvalue weighted by Crippen LogP contribution is 2.09. The minimum absolute atomic E-state index is 0.407. The van der Waals surface area contributed by atoms with E-state index in [0.29, 0.717) is 12.0 Å². The lowest BCUT2D eigenvalue weighted by Gasteiger charge is -1.98. The first kappa shape index (κ1) is 10.4. The Labute approximate surface area is 83.3 Å². The number of rotatable bonds is 4. The van der Waals surface area contributed by atoms with Gasteiger partial charge in [0.25, 0.3) is 0 Å². The number of benzene rings is 1. The third kappa shape index (κ3) is 2.98. The van der Waals surface area contributed by atoms with Gasteiger partial charge in [0, 0.05) is 12.0 Å². The third-order valence-electron chi connectivity index (χ3n) is 1.80. The first-order valence-electron chi connectivity index (χ1n) is 4.43. The zero-order chi connectivity index (χ0) is 10.4. The van der Waals surface area contributed by atoms with Gasteiger partial charge < -0.3 is 4.79 Å². The van der Waals surface area contributed by atoms with E-state index in [0.717, 1.165) is 23.7 Å². The Hall–Kier alpha value is -1.70. The lowest BCUT2D eigenvalue weighted by molar-refractivity contribution is -0.107. The molecule has 14 heavy (non-hydrogen) atoms. The van der Waals surface area contributed by atoms with Crippen LogP contribution in [0.1, 0.15) is 27.9 Å². The van der Waals surface area contributed by atoms with Gasteiger partial charge in [-0.15, -0.1) is 0 Å². The number of carbonyl (C=O) groups excluding carboxylic acids is 2. The molecule has 1 aromatic carbocycles. The van der Waals surface area contributed by atoms with Gasteiger partial charge in [-0.2, -0.15) is 0 Å². The Morgan fingerprint density at radius 1 is 1.14 bits per heavy atom. The van der Waals surface area contributed by atoms with Gasteiger partial charge in [-0.25, -0.2) is 0 Å². The quantitative estimate of drug-likeness (QED) is 0.680. The number of carbonyl (C=O) groups is 2. The minimum Gasteiger partial charge on any atom is -0.303 e. The Kier molecular flexibility index (Phi) is 3.80. The summed E-state index contributed by atoms with van der Waals surface area (Å²) < 4.78 is 0. The van der Waals surface area contributed by atoms with Gasteiger partial charge in [0.1, 0.15) is 12.6 Å². The summed E-state index contributed by atoms with van der Waals surface area (Å²) in [5.74, 6) is 0. The topological polar surface area (TPSA) is 34.1 Å². The van der Waals surface area contributed by atoms with Crippen LogP contribution in [0.3, 0.4) is 0 Å². The monoisotopic (exact) mass is 188 g/mol. The molecule has 2 nitrogen and oxygen atoms in total. The molecule has 0 saturated carbocycles. The van der Waals surface area contributed by atoms with Crippen molar-refractivity contribution in [3.8, 4) is 0 Å². The van der Waals surface area contributed by atoms with E-state index in [2.05, 4.69) is 0 Å². The van der Waals surface area contributed by atoms with E-state index in [1.165, 1.54) is 0 Å². The van der Waals surface area contributed by atoms with Crippen LogP contribution in [-0.2, 0) is 4.79 Å². The van der Waals surface area contributed by atoms with E-state index in [1.54, 1.807) is 12.1 Å². The molecule has 0 unspecified atom stereocenters. The van der Waals surface area contributed by atoms with Crippen LogP contribution >= 0.6 is 0 Å². The second kappa shape index (κ2) is 5.12. The van der Waals surface area contributed by atoms with E-state index >= 15 is 0 Å². The van der Waals surface area contributed by atoms with Crippen molar-refractivity contribution in [3.63, 3.8) is 0 Å². The number of hydrogen-bond donors (Lipinski definition) is 0. The van der Waals surface area contributed by atoms with Gasteiger partial charge in [0.2, 0.25) is 0 Å². The fraction of sp³-hybridized carbons (Fsp3) is 0.167. The molecule has 0 amide bonds. The van der Waals surface area contributed by atoms with Crippen LogP contribution in [0, 0.1) is 6.92 Å². The highest BCUT2D eigenvalue weighted by Gasteiger charge is 1.94. The standard InChI is InChI=1S/C12H12O2/c1-10-6-11(4-2-3-5-13)8-12(7-10)9-14/h2,4-9H,3H2,1H3. The summed E-state index contributed by atoms with van der Waals surface area (Å²) in [7, 11) is 0. The van der Waals surface area contributed by atoms with Crippen molar-refractivity contribution in [2.75, 3.05) is 0 Å². The van der Waals surface area contributed by atoms with Gasteiger partial charge in [-0.3, -0.25) is 4.79 Å². The summed E-state index contributed by atoms with van der Waals surface area (Å²) in [6, 6.07) is 5.58. The maximum atomic E-state index is 10.6. The van der Waals surface area contributed by atoms with Crippen LogP contribution in [0.15, 0.2) is 24.3 Å². The van der Waals surface area contributed by atoms with E-state index in [-0.39, 0.29) is 0 Å². The molecule has 0 bridgehead atoms. The third-order valence-corrected chi connectivity index (χ3v) is 1.80. The normalized spacial score (nSPS) is 10.4. The molecule has 0 atom stereocenters. The van der Waals surface area contributed by atoms with E-state index in [1.807, 2.05) is 25.1 Å². The first-order valence-corrected chi connectivity index (χ1v) is 4.43. The van der Waals surface area contributed by atoms with Crippen molar-refractivity contribution in [1.82, 2.24) is 0 Å². The molecule has 0 spiro atoms. The van der Waals surface area contributed by atoms with Crippen molar-refractivity contribution in [3.05, 3.63) is 41.0 Å². The Morgan fingerprint density at radius 2 is 1.86 bits per heavy atom. The number of hydrogen-bond acceptors (Lipinski definition) is 2. The molecular formula is C12H12O2. The molecule has 0 N–H and O–H groups in total. The van der Waals surface area contributed by atoms with Crippen LogP contribution in [0.4, 0.5) is 0 Å². The summed E-state index contributed by atoms with van der Waals surface area (Å²) in [5, 5.41) is 0. The van der Waals surface area contributed by atoms with Crippen LogP contribution < -0.4 is 0 Å². The highest BCUT2D eigenvalue weighted by atomic mass is 16.1. The second-order valence-corrected chi connectivity index (χ2v) is 3.10. The van der Waals surface area contributed by atoms with Gasteiger partial charge in [0.15, 0.2) is 0 Å². The summed E-state index contributed by atoms with van der Waals surface area (Å²) in [4.78, 5) is 20.6. The largest absolute Gasteiger partial charge is 0.303 e. The van der Waals surface area contributed by atoms with Gasteiger partial charge in [-0.1, -0.05) is 18.2 Å². The molecule has 72 valence electrons. The van der Waals surface area contributed by atoms with Crippen molar-refractivity contribution in [2.24, 2.45) is 0 Å². The SMILES string of the molecule is Cc1cc(C=O)cc(C=CCC=O)c1. The molecule has 0 aromatic heterocycles. The molecule has 0 aliphatic rings. The lowest BCUT2D eigenvalue weighted by atomic mass is 10.1. The van der Waals surface area contributed by atoms with Crippen molar-refractivity contribution in [2.45, 2.75) is 13.3 Å². The molecule has 0 saturated heterocycles. The molecular weight excluding hydrogens is 176 g/mol. The summed E-state index contributed by atoms with van der Waals surface area (Å²) in [6.07, 6.45) is 5.69. The maximum Gasteiger partial charge on any atom is 0.150 e. The number of aryl methyl sites for hydroxylation is 1. The molecule has 1 aromatic rings. The average molecular weight is 188 g/mol. The lowest BCUT2D eigenvalue weighted by Crippen LogP contribution is -1.84. The predicted molar refractivity (Wildman–Crippen MR) is 56.3 cm³/mol. The predicted octanol–water partition coefficient (Wildman–Crippen LogP) is 2.41. The van der Waals surface area contributed by atoms with Crippen LogP contribution in [0.2, 0.25) is 0 Å². The zero-order valence-electron chi connectivity index (χ0n) is 8.07. The Balaban J connectivity index is 2.91. The fourth-order valence-corrected chi connectivity index (χ4v) is 1.27. The maximum absolute atomic E-state index is 10.6. The molecule has 2 heteroatoms. The average Bonchev–Trinajstić information content (AvgIpc) is 2.17. The molecule has 0 heterocycles. The zero-order valence-corrected chi connectivity index (χ0v) is 8.07. The molecule has 0 aliphatic carbocycles. The van der Waals surface area contributed by atoms with Gasteiger partial charge in [0.05, 0.1) is 0 Å². The van der Waals surface area contributed by atoms with Crippen molar-refractivity contribution < 1.29 is 9.59 Å². The Bertz CT molecular complexity index is 365. The molecule has 1 rings (SSSR count). The van der Waals surface area contributed by atoms with E-state index in [4.69, 9.17) is 0 Å². The molecule has 0 fully saturated rings. The summed E-state index contributed by atoms with van der Waals surface area (Å²) in [5.41, 5.74) is 2.66.